The van der Waals surface area contributed by atoms with Crippen molar-refractivity contribution in [1.29, 1.82) is 0 Å². The Kier molecular flexibility index (Phi) is 8.26. The number of likely N-dealkylation sites (N-methyl/N-ethyl adjacent to an activating group) is 1. The standard InChI is InChI=1S/C15H25N3OS.ClH/c1-3-18(4-2)14(12-7-9-20-11-12)10-17-15(19)13-6-5-8-16-13;/h7,9,11,13-14,16H,3-6,8,10H2,1-2H3,(H,17,19);1H. The molecule has 1 aliphatic rings. The third kappa shape index (κ3) is 4.95. The number of hydrogen-bond donors (Lipinski definition) is 2. The van der Waals surface area contributed by atoms with Gasteiger partial charge in [-0.2, -0.15) is 11.3 Å². The van der Waals surface area contributed by atoms with E-state index in [2.05, 4.69) is 46.2 Å². The highest BCUT2D eigenvalue weighted by Crippen LogP contribution is 2.22. The van der Waals surface area contributed by atoms with Crippen LogP contribution in [0.2, 0.25) is 0 Å². The average molecular weight is 332 g/mol. The Morgan fingerprint density at radius 1 is 1.52 bits per heavy atom. The van der Waals surface area contributed by atoms with Gasteiger partial charge in [-0.3, -0.25) is 9.69 Å². The van der Waals surface area contributed by atoms with Gasteiger partial charge in [-0.25, -0.2) is 0 Å². The Morgan fingerprint density at radius 2 is 2.29 bits per heavy atom. The number of carbonyl (C=O) groups is 1. The van der Waals surface area contributed by atoms with Gasteiger partial charge in [0.2, 0.25) is 5.91 Å². The molecule has 4 nitrogen and oxygen atoms in total. The second-order valence-corrected chi connectivity index (χ2v) is 5.97. The summed E-state index contributed by atoms with van der Waals surface area (Å²) >= 11 is 1.71. The summed E-state index contributed by atoms with van der Waals surface area (Å²) < 4.78 is 0. The smallest absolute Gasteiger partial charge is 0.237 e. The molecule has 0 radical (unpaired) electrons. The monoisotopic (exact) mass is 331 g/mol. The Bertz CT molecular complexity index is 403. The van der Waals surface area contributed by atoms with E-state index < -0.39 is 0 Å². The van der Waals surface area contributed by atoms with E-state index in [-0.39, 0.29) is 30.4 Å². The summed E-state index contributed by atoms with van der Waals surface area (Å²) in [6, 6.07) is 2.45. The summed E-state index contributed by atoms with van der Waals surface area (Å²) in [5, 5.41) is 10.7. The highest BCUT2D eigenvalue weighted by Gasteiger charge is 2.24. The number of nitrogens with zero attached hydrogens (tertiary/aromatic N) is 1. The highest BCUT2D eigenvalue weighted by molar-refractivity contribution is 7.07. The van der Waals surface area contributed by atoms with Crippen LogP contribution in [0, 0.1) is 0 Å². The van der Waals surface area contributed by atoms with Crippen LogP contribution in [0.5, 0.6) is 0 Å². The van der Waals surface area contributed by atoms with Crippen LogP contribution in [-0.2, 0) is 4.79 Å². The van der Waals surface area contributed by atoms with Gasteiger partial charge in [0, 0.05) is 6.54 Å². The van der Waals surface area contributed by atoms with Crippen LogP contribution in [-0.4, -0.2) is 43.0 Å². The molecule has 2 rings (SSSR count). The van der Waals surface area contributed by atoms with Gasteiger partial charge in [0.25, 0.3) is 0 Å². The van der Waals surface area contributed by atoms with E-state index in [9.17, 15) is 4.79 Å². The van der Waals surface area contributed by atoms with E-state index in [1.54, 1.807) is 11.3 Å². The second kappa shape index (κ2) is 9.41. The number of nitrogens with one attached hydrogen (secondary N) is 2. The fourth-order valence-electron chi connectivity index (χ4n) is 2.82. The lowest BCUT2D eigenvalue weighted by Crippen LogP contribution is -2.44. The largest absolute Gasteiger partial charge is 0.353 e. The quantitative estimate of drug-likeness (QED) is 0.806. The molecule has 120 valence electrons. The molecule has 1 aromatic heterocycles. The topological polar surface area (TPSA) is 44.4 Å². The zero-order valence-corrected chi connectivity index (χ0v) is 14.4. The predicted molar refractivity (Wildman–Crippen MR) is 91.3 cm³/mol. The molecule has 0 aliphatic carbocycles. The molecular weight excluding hydrogens is 306 g/mol. The number of amides is 1. The predicted octanol–water partition coefficient (Wildman–Crippen LogP) is 2.42. The Balaban J connectivity index is 0.00000220. The maximum absolute atomic E-state index is 12.1. The molecule has 1 saturated heterocycles. The van der Waals surface area contributed by atoms with E-state index in [0.29, 0.717) is 6.54 Å². The van der Waals surface area contributed by atoms with Crippen molar-refractivity contribution < 1.29 is 4.79 Å². The Morgan fingerprint density at radius 3 is 2.81 bits per heavy atom. The molecule has 21 heavy (non-hydrogen) atoms. The zero-order chi connectivity index (χ0) is 14.4. The van der Waals surface area contributed by atoms with Crippen LogP contribution >= 0.6 is 23.7 Å². The summed E-state index contributed by atoms with van der Waals surface area (Å²) in [7, 11) is 0. The lowest BCUT2D eigenvalue weighted by atomic mass is 10.1. The fourth-order valence-corrected chi connectivity index (χ4v) is 3.52. The minimum atomic E-state index is 0. The Labute approximate surface area is 137 Å². The number of halogens is 1. The number of carbonyl (C=O) groups excluding carboxylic acids is 1. The van der Waals surface area contributed by atoms with Crippen molar-refractivity contribution in [2.75, 3.05) is 26.2 Å². The molecule has 2 heterocycles. The van der Waals surface area contributed by atoms with Gasteiger partial charge >= 0.3 is 0 Å². The third-order valence-corrected chi connectivity index (χ3v) is 4.73. The van der Waals surface area contributed by atoms with Crippen molar-refractivity contribution in [3.63, 3.8) is 0 Å². The van der Waals surface area contributed by atoms with Crippen molar-refractivity contribution in [1.82, 2.24) is 15.5 Å². The van der Waals surface area contributed by atoms with Crippen molar-refractivity contribution in [3.8, 4) is 0 Å². The van der Waals surface area contributed by atoms with E-state index in [1.165, 1.54) is 5.56 Å². The summed E-state index contributed by atoms with van der Waals surface area (Å²) in [5.74, 6) is 0.148. The maximum Gasteiger partial charge on any atom is 0.237 e. The Hall–Kier alpha value is -0.620. The SMILES string of the molecule is CCN(CC)C(CNC(=O)C1CCCN1)c1ccsc1.Cl. The number of rotatable bonds is 7. The lowest BCUT2D eigenvalue weighted by Gasteiger charge is -2.29. The third-order valence-electron chi connectivity index (χ3n) is 4.03. The van der Waals surface area contributed by atoms with Crippen LogP contribution < -0.4 is 10.6 Å². The van der Waals surface area contributed by atoms with Crippen molar-refractivity contribution in [2.24, 2.45) is 0 Å². The summed E-state index contributed by atoms with van der Waals surface area (Å²) in [6.45, 7) is 7.98. The zero-order valence-electron chi connectivity index (χ0n) is 12.8. The van der Waals surface area contributed by atoms with Gasteiger partial charge in [0.05, 0.1) is 12.1 Å². The van der Waals surface area contributed by atoms with Gasteiger partial charge < -0.3 is 10.6 Å². The van der Waals surface area contributed by atoms with Crippen molar-refractivity contribution in [3.05, 3.63) is 22.4 Å². The molecule has 6 heteroatoms. The molecular formula is C15H26ClN3OS. The van der Waals surface area contributed by atoms with E-state index in [4.69, 9.17) is 0 Å². The molecule has 2 unspecified atom stereocenters. The van der Waals surface area contributed by atoms with Gasteiger partial charge in [-0.15, -0.1) is 12.4 Å². The first kappa shape index (κ1) is 18.4. The highest BCUT2D eigenvalue weighted by atomic mass is 35.5. The normalized spacial score (nSPS) is 19.3. The van der Waals surface area contributed by atoms with Crippen LogP contribution in [0.1, 0.15) is 38.3 Å². The molecule has 0 aromatic carbocycles. The minimum Gasteiger partial charge on any atom is -0.353 e. The fraction of sp³-hybridized carbons (Fsp3) is 0.667. The minimum absolute atomic E-state index is 0. The summed E-state index contributed by atoms with van der Waals surface area (Å²) in [5.41, 5.74) is 1.30. The molecule has 1 aliphatic heterocycles. The molecule has 0 saturated carbocycles. The van der Waals surface area contributed by atoms with Crippen LogP contribution in [0.25, 0.3) is 0 Å². The molecule has 1 aromatic rings. The van der Waals surface area contributed by atoms with Gasteiger partial charge in [0.1, 0.15) is 0 Å². The average Bonchev–Trinajstić information content (AvgIpc) is 3.15. The van der Waals surface area contributed by atoms with E-state index >= 15 is 0 Å². The molecule has 2 N–H and O–H groups in total. The van der Waals surface area contributed by atoms with Gasteiger partial charge in [-0.1, -0.05) is 13.8 Å². The lowest BCUT2D eigenvalue weighted by molar-refractivity contribution is -0.123. The first-order valence-corrected chi connectivity index (χ1v) is 8.47. The number of hydrogen-bond acceptors (Lipinski definition) is 4. The first-order valence-electron chi connectivity index (χ1n) is 7.53. The van der Waals surface area contributed by atoms with Crippen molar-refractivity contribution in [2.45, 2.75) is 38.8 Å². The van der Waals surface area contributed by atoms with Gasteiger partial charge in [0.15, 0.2) is 0 Å². The number of thiophene rings is 1. The van der Waals surface area contributed by atoms with E-state index in [0.717, 1.165) is 32.5 Å². The molecule has 0 bridgehead atoms. The van der Waals surface area contributed by atoms with Crippen molar-refractivity contribution >= 4 is 29.7 Å². The second-order valence-electron chi connectivity index (χ2n) is 5.19. The van der Waals surface area contributed by atoms with E-state index in [1.807, 2.05) is 0 Å². The molecule has 0 spiro atoms. The molecule has 1 fully saturated rings. The first-order chi connectivity index (χ1) is 9.76. The summed E-state index contributed by atoms with van der Waals surface area (Å²) in [6.07, 6.45) is 2.06. The van der Waals surface area contributed by atoms with Gasteiger partial charge in [-0.05, 0) is 54.9 Å². The summed E-state index contributed by atoms with van der Waals surface area (Å²) in [4.78, 5) is 14.5. The van der Waals surface area contributed by atoms with Crippen LogP contribution in [0.4, 0.5) is 0 Å². The molecule has 2 atom stereocenters. The van der Waals surface area contributed by atoms with Crippen LogP contribution in [0.15, 0.2) is 16.8 Å². The van der Waals surface area contributed by atoms with Crippen LogP contribution in [0.3, 0.4) is 0 Å². The molecule has 1 amide bonds. The maximum atomic E-state index is 12.1.